The van der Waals surface area contributed by atoms with Crippen molar-refractivity contribution in [3.63, 3.8) is 0 Å². The van der Waals surface area contributed by atoms with Crippen molar-refractivity contribution < 1.29 is 14.5 Å². The normalized spacial score (nSPS) is 9.56. The van der Waals surface area contributed by atoms with E-state index in [1.807, 2.05) is 0 Å². The number of hydrogen-bond acceptors (Lipinski definition) is 4. The number of carbonyl (C=O) groups excluding carboxylic acids is 1. The highest BCUT2D eigenvalue weighted by molar-refractivity contribution is 6.15. The molecule has 0 saturated carbocycles. The van der Waals surface area contributed by atoms with Crippen LogP contribution in [0, 0.1) is 0 Å². The Hall–Kier alpha value is -1.72. The zero-order valence-corrected chi connectivity index (χ0v) is 12.6. The number of amidine groups is 1. The van der Waals surface area contributed by atoms with Gasteiger partial charge in [-0.15, -0.1) is 0 Å². The molecule has 6 heteroatoms. The minimum absolute atomic E-state index is 0.167. The first kappa shape index (κ1) is 16.3. The van der Waals surface area contributed by atoms with Gasteiger partial charge in [-0.05, 0) is 0 Å². The first-order valence-corrected chi connectivity index (χ1v) is 5.63. The molecule has 104 valence electrons. The maximum absolute atomic E-state index is 11.5. The van der Waals surface area contributed by atoms with Gasteiger partial charge in [0.2, 0.25) is 0 Å². The van der Waals surface area contributed by atoms with Crippen LogP contribution in [0.4, 0.5) is 0 Å². The molecule has 0 aromatic rings. The molecule has 0 spiro atoms. The lowest BCUT2D eigenvalue weighted by Crippen LogP contribution is -2.43. The molecule has 0 amide bonds. The summed E-state index contributed by atoms with van der Waals surface area (Å²) in [6, 6.07) is 0. The number of aliphatic carboxylic acids is 1. The molecule has 18 heavy (non-hydrogen) atoms. The molecule has 0 N–H and O–H groups in total. The van der Waals surface area contributed by atoms with Crippen LogP contribution in [-0.4, -0.2) is 87.5 Å². The lowest BCUT2D eigenvalue weighted by molar-refractivity contribution is -0.469. The van der Waals surface area contributed by atoms with Gasteiger partial charge in [0.1, 0.15) is 11.4 Å². The molecule has 0 aliphatic carbocycles. The number of carboxylic acids is 1. The van der Waals surface area contributed by atoms with Gasteiger partial charge in [-0.25, -0.2) is 0 Å². The fourth-order valence-corrected chi connectivity index (χ4v) is 1.98. The molecular formula is C12H24N4O2. The van der Waals surface area contributed by atoms with Crippen LogP contribution in [0.1, 0.15) is 0 Å². The Bertz CT molecular complexity index is 368. The van der Waals surface area contributed by atoms with Crippen LogP contribution >= 0.6 is 0 Å². The van der Waals surface area contributed by atoms with Crippen LogP contribution in [0.2, 0.25) is 0 Å². The van der Waals surface area contributed by atoms with E-state index >= 15 is 0 Å². The Morgan fingerprint density at radius 3 is 1.44 bits per heavy atom. The summed E-state index contributed by atoms with van der Waals surface area (Å²) in [6.45, 7) is 0. The summed E-state index contributed by atoms with van der Waals surface area (Å²) >= 11 is 0. The Kier molecular flexibility index (Phi) is 5.68. The van der Waals surface area contributed by atoms with E-state index in [2.05, 4.69) is 0 Å². The van der Waals surface area contributed by atoms with Gasteiger partial charge in [-0.3, -0.25) is 9.48 Å². The molecule has 0 heterocycles. The van der Waals surface area contributed by atoms with Crippen molar-refractivity contribution in [3.05, 3.63) is 11.4 Å². The standard InChI is InChI=1S/C12H24N4O2/c1-13(2)10(14(3)4)9(12(17)18)11(15(5)6)16(7)8/h1-8H3. The number of likely N-dealkylation sites (N-methyl/N-ethyl adjacent to an activating group) is 1. The van der Waals surface area contributed by atoms with E-state index in [1.54, 1.807) is 75.7 Å². The smallest absolute Gasteiger partial charge is 0.283 e. The van der Waals surface area contributed by atoms with Crippen molar-refractivity contribution in [1.82, 2.24) is 14.7 Å². The van der Waals surface area contributed by atoms with Gasteiger partial charge < -0.3 is 19.7 Å². The number of nitrogens with zero attached hydrogens (tertiary/aromatic N) is 4. The summed E-state index contributed by atoms with van der Waals surface area (Å²) in [5, 5.41) is 11.5. The van der Waals surface area contributed by atoms with E-state index in [9.17, 15) is 9.90 Å². The van der Waals surface area contributed by atoms with E-state index in [-0.39, 0.29) is 5.57 Å². The lowest BCUT2D eigenvalue weighted by atomic mass is 10.2. The van der Waals surface area contributed by atoms with E-state index in [4.69, 9.17) is 0 Å². The average molecular weight is 256 g/mol. The van der Waals surface area contributed by atoms with Crippen molar-refractivity contribution >= 4 is 11.8 Å². The summed E-state index contributed by atoms with van der Waals surface area (Å²) < 4.78 is 1.76. The van der Waals surface area contributed by atoms with Gasteiger partial charge in [0, 0.05) is 28.2 Å². The molecule has 0 fully saturated rings. The third-order valence-electron chi connectivity index (χ3n) is 2.35. The minimum Gasteiger partial charge on any atom is -0.544 e. The van der Waals surface area contributed by atoms with Crippen LogP contribution in [0.5, 0.6) is 0 Å². The highest BCUT2D eigenvalue weighted by Gasteiger charge is 2.25. The first-order chi connectivity index (χ1) is 8.11. The van der Waals surface area contributed by atoms with E-state index in [0.717, 1.165) is 0 Å². The Morgan fingerprint density at radius 1 is 0.889 bits per heavy atom. The van der Waals surface area contributed by atoms with Crippen LogP contribution < -0.4 is 5.11 Å². The third-order valence-corrected chi connectivity index (χ3v) is 2.35. The van der Waals surface area contributed by atoms with Crippen molar-refractivity contribution in [2.75, 3.05) is 56.4 Å². The Balaban J connectivity index is 6.22. The molecular weight excluding hydrogens is 232 g/mol. The maximum atomic E-state index is 11.5. The third kappa shape index (κ3) is 3.65. The van der Waals surface area contributed by atoms with Crippen molar-refractivity contribution in [1.29, 1.82) is 0 Å². The topological polar surface area (TPSA) is 52.9 Å². The summed E-state index contributed by atoms with van der Waals surface area (Å²) in [5.74, 6) is -0.00963. The second kappa shape index (κ2) is 6.28. The van der Waals surface area contributed by atoms with Crippen molar-refractivity contribution in [2.45, 2.75) is 0 Å². The quantitative estimate of drug-likeness (QED) is 0.260. The van der Waals surface area contributed by atoms with Crippen LogP contribution in [0.25, 0.3) is 0 Å². The molecule has 0 rings (SSSR count). The molecule has 0 bridgehead atoms. The molecule has 0 saturated heterocycles. The molecule has 0 atom stereocenters. The second-order valence-corrected chi connectivity index (χ2v) is 4.89. The summed E-state index contributed by atoms with van der Waals surface area (Å²) in [7, 11) is 14.5. The predicted octanol–water partition coefficient (Wildman–Crippen LogP) is -1.70. The van der Waals surface area contributed by atoms with E-state index < -0.39 is 5.97 Å². The molecule has 0 aromatic heterocycles. The number of carbonyl (C=O) groups is 1. The molecule has 0 aromatic carbocycles. The van der Waals surface area contributed by atoms with Gasteiger partial charge in [-0.1, -0.05) is 0 Å². The average Bonchev–Trinajstić information content (AvgIpc) is 2.13. The lowest BCUT2D eigenvalue weighted by Gasteiger charge is -2.29. The second-order valence-electron chi connectivity index (χ2n) is 4.89. The zero-order valence-electron chi connectivity index (χ0n) is 12.6. The van der Waals surface area contributed by atoms with Gasteiger partial charge >= 0.3 is 0 Å². The Morgan fingerprint density at radius 2 is 1.28 bits per heavy atom. The molecule has 0 aliphatic heterocycles. The maximum Gasteiger partial charge on any atom is 0.283 e. The van der Waals surface area contributed by atoms with Crippen LogP contribution in [0.15, 0.2) is 11.4 Å². The largest absolute Gasteiger partial charge is 0.544 e. The minimum atomic E-state index is -1.19. The van der Waals surface area contributed by atoms with Gasteiger partial charge in [0.05, 0.1) is 34.2 Å². The van der Waals surface area contributed by atoms with Crippen LogP contribution in [0.3, 0.4) is 0 Å². The summed E-state index contributed by atoms with van der Waals surface area (Å²) in [6.07, 6.45) is 0. The Labute approximate surface area is 109 Å². The number of hydrogen-bond donors (Lipinski definition) is 0. The molecule has 6 nitrogen and oxygen atoms in total. The first-order valence-electron chi connectivity index (χ1n) is 5.63. The predicted molar refractivity (Wildman–Crippen MR) is 70.2 cm³/mol. The fourth-order valence-electron chi connectivity index (χ4n) is 1.98. The molecule has 0 aliphatic rings. The van der Waals surface area contributed by atoms with Crippen molar-refractivity contribution in [2.24, 2.45) is 0 Å². The summed E-state index contributed by atoms with van der Waals surface area (Å²) in [4.78, 5) is 16.8. The zero-order chi connectivity index (χ0) is 14.6. The SMILES string of the molecule is CN(C)C(=C(C(=O)[O-])C(N(C)C)=[N+](C)C)N(C)C. The molecule has 0 unspecified atom stereocenters. The number of carboxylic acid groups (broad SMARTS) is 1. The fraction of sp³-hybridized carbons (Fsp3) is 0.667. The number of rotatable bonds is 4. The molecule has 0 radical (unpaired) electrons. The van der Waals surface area contributed by atoms with Crippen molar-refractivity contribution in [3.8, 4) is 0 Å². The monoisotopic (exact) mass is 256 g/mol. The van der Waals surface area contributed by atoms with E-state index in [0.29, 0.717) is 11.7 Å². The highest BCUT2D eigenvalue weighted by Crippen LogP contribution is 2.12. The van der Waals surface area contributed by atoms with Gasteiger partial charge in [0.25, 0.3) is 5.84 Å². The van der Waals surface area contributed by atoms with Gasteiger partial charge in [0.15, 0.2) is 0 Å². The summed E-state index contributed by atoms with van der Waals surface area (Å²) in [5.41, 5.74) is 0.167. The highest BCUT2D eigenvalue weighted by atomic mass is 16.4. The van der Waals surface area contributed by atoms with Crippen LogP contribution in [-0.2, 0) is 4.79 Å². The van der Waals surface area contributed by atoms with E-state index in [1.165, 1.54) is 0 Å². The van der Waals surface area contributed by atoms with Gasteiger partial charge in [-0.2, -0.15) is 0 Å².